The average molecular weight is 360 g/mol. The summed E-state index contributed by atoms with van der Waals surface area (Å²) in [7, 11) is 0. The topological polar surface area (TPSA) is 89.4 Å². The third-order valence-corrected chi connectivity index (χ3v) is 5.10. The van der Waals surface area contributed by atoms with E-state index < -0.39 is 0 Å². The zero-order chi connectivity index (χ0) is 18.6. The van der Waals surface area contributed by atoms with Crippen molar-refractivity contribution in [1.82, 2.24) is 24.3 Å². The van der Waals surface area contributed by atoms with Crippen LogP contribution in [0.3, 0.4) is 0 Å². The second kappa shape index (κ2) is 7.54. The van der Waals surface area contributed by atoms with Crippen LogP contribution in [0.5, 0.6) is 0 Å². The van der Waals surface area contributed by atoms with Crippen LogP contribution in [0.2, 0.25) is 0 Å². The lowest BCUT2D eigenvalue weighted by Crippen LogP contribution is -2.32. The second-order valence-corrected chi connectivity index (χ2v) is 6.76. The number of rotatable bonds is 2. The van der Waals surface area contributed by atoms with Gasteiger partial charge in [0.15, 0.2) is 0 Å². The Balaban J connectivity index is 0.000000190. The third kappa shape index (κ3) is 3.38. The van der Waals surface area contributed by atoms with Crippen molar-refractivity contribution in [2.45, 2.75) is 44.2 Å². The van der Waals surface area contributed by atoms with Gasteiger partial charge in [-0.3, -0.25) is 14.5 Å². The molecule has 1 aromatic carbocycles. The van der Waals surface area contributed by atoms with Gasteiger partial charge in [-0.25, -0.2) is 9.48 Å². The molecule has 1 aliphatic heterocycles. The van der Waals surface area contributed by atoms with Gasteiger partial charge in [0, 0.05) is 18.8 Å². The Morgan fingerprint density at radius 3 is 2.52 bits per heavy atom. The van der Waals surface area contributed by atoms with Crippen molar-refractivity contribution < 1.29 is 0 Å². The molecule has 0 N–H and O–H groups in total. The zero-order valence-electron chi connectivity index (χ0n) is 14.9. The highest BCUT2D eigenvalue weighted by atomic mass is 16.2. The van der Waals surface area contributed by atoms with Gasteiger partial charge < -0.3 is 0 Å². The fourth-order valence-electron chi connectivity index (χ4n) is 3.46. The van der Waals surface area contributed by atoms with E-state index in [1.807, 2.05) is 28.8 Å². The Hall–Kier alpha value is -3.27. The van der Waals surface area contributed by atoms with Gasteiger partial charge in [0.1, 0.15) is 5.82 Å². The Labute approximate surface area is 156 Å². The van der Waals surface area contributed by atoms with E-state index in [1.165, 1.54) is 6.42 Å². The molecule has 1 unspecified atom stereocenters. The number of fused-ring (bicyclic) bond motifs is 1. The number of hydrogen-bond donors (Lipinski definition) is 0. The van der Waals surface area contributed by atoms with Crippen molar-refractivity contribution in [2.24, 2.45) is 0 Å². The number of nitriles is 1. The smallest absolute Gasteiger partial charge is 0.270 e. The van der Waals surface area contributed by atoms with Crippen LogP contribution in [-0.2, 0) is 6.42 Å². The lowest BCUT2D eigenvalue weighted by molar-refractivity contribution is 0.277. The van der Waals surface area contributed by atoms with E-state index in [9.17, 15) is 4.79 Å². The summed E-state index contributed by atoms with van der Waals surface area (Å²) in [5.41, 5.74) is 1.59. The normalized spacial score (nSPS) is 18.0. The second-order valence-electron chi connectivity index (χ2n) is 6.76. The lowest BCUT2D eigenvalue weighted by atomic mass is 9.93. The van der Waals surface area contributed by atoms with E-state index in [1.54, 1.807) is 35.4 Å². The van der Waals surface area contributed by atoms with Crippen molar-refractivity contribution in [3.63, 3.8) is 0 Å². The third-order valence-electron chi connectivity index (χ3n) is 5.10. The van der Waals surface area contributed by atoms with Crippen LogP contribution in [0.25, 0.3) is 0 Å². The first-order valence-corrected chi connectivity index (χ1v) is 9.19. The largest absolute Gasteiger partial charge is 0.346 e. The zero-order valence-corrected chi connectivity index (χ0v) is 14.9. The van der Waals surface area contributed by atoms with E-state index in [4.69, 9.17) is 5.26 Å². The predicted octanol–water partition coefficient (Wildman–Crippen LogP) is 2.65. The highest BCUT2D eigenvalue weighted by molar-refractivity contribution is 5.27. The number of benzene rings is 1. The van der Waals surface area contributed by atoms with E-state index in [0.29, 0.717) is 11.6 Å². The van der Waals surface area contributed by atoms with Gasteiger partial charge in [-0.1, -0.05) is 18.2 Å². The standard InChI is InChI=1S/C13H15N5O.C7H5N/c19-13-17-11(10-8-14-6-7-15-10)4-5-12(17)16-18(13)9-2-1-3-9;8-6-7-4-2-1-3-5-7/h6-9,11H,1-5H2;1-5H. The number of nitrogens with zero attached hydrogens (tertiary/aromatic N) is 6. The number of aryl methyl sites for hydroxylation is 1. The highest BCUT2D eigenvalue weighted by Gasteiger charge is 2.32. The van der Waals surface area contributed by atoms with Crippen LogP contribution in [0.4, 0.5) is 0 Å². The quantitative estimate of drug-likeness (QED) is 0.701. The molecule has 7 nitrogen and oxygen atoms in total. The molecule has 136 valence electrons. The summed E-state index contributed by atoms with van der Waals surface area (Å²) < 4.78 is 3.49. The summed E-state index contributed by atoms with van der Waals surface area (Å²) in [5.74, 6) is 0.896. The van der Waals surface area contributed by atoms with Gasteiger partial charge in [0.2, 0.25) is 0 Å². The first-order chi connectivity index (χ1) is 13.3. The van der Waals surface area contributed by atoms with Gasteiger partial charge in [0.05, 0.1) is 35.6 Å². The maximum Gasteiger partial charge on any atom is 0.346 e. The van der Waals surface area contributed by atoms with Crippen LogP contribution in [0.1, 0.15) is 54.8 Å². The van der Waals surface area contributed by atoms with Crippen LogP contribution in [0.15, 0.2) is 53.7 Å². The van der Waals surface area contributed by atoms with Crippen LogP contribution in [0, 0.1) is 11.3 Å². The minimum Gasteiger partial charge on any atom is -0.270 e. The minimum atomic E-state index is 0.00465. The minimum absolute atomic E-state index is 0.00465. The first kappa shape index (κ1) is 17.2. The van der Waals surface area contributed by atoms with Crippen molar-refractivity contribution in [3.05, 3.63) is 76.5 Å². The fourth-order valence-corrected chi connectivity index (χ4v) is 3.46. The van der Waals surface area contributed by atoms with E-state index in [0.717, 1.165) is 37.2 Å². The molecule has 1 saturated carbocycles. The molecule has 7 heteroatoms. The van der Waals surface area contributed by atoms with Gasteiger partial charge in [-0.2, -0.15) is 10.4 Å². The summed E-state index contributed by atoms with van der Waals surface area (Å²) in [6.45, 7) is 0. The number of aromatic nitrogens is 5. The summed E-state index contributed by atoms with van der Waals surface area (Å²) >= 11 is 0. The predicted molar refractivity (Wildman–Crippen MR) is 99.0 cm³/mol. The van der Waals surface area contributed by atoms with E-state index in [-0.39, 0.29) is 11.7 Å². The monoisotopic (exact) mass is 360 g/mol. The summed E-state index contributed by atoms with van der Waals surface area (Å²) in [5, 5.41) is 12.8. The molecule has 2 aromatic heterocycles. The molecule has 0 spiro atoms. The first-order valence-electron chi connectivity index (χ1n) is 9.19. The van der Waals surface area contributed by atoms with Gasteiger partial charge in [0.25, 0.3) is 0 Å². The van der Waals surface area contributed by atoms with Crippen molar-refractivity contribution in [2.75, 3.05) is 0 Å². The molecule has 5 rings (SSSR count). The maximum absolute atomic E-state index is 12.5. The molecule has 3 aromatic rings. The Kier molecular flexibility index (Phi) is 4.79. The molecule has 1 aliphatic carbocycles. The molecule has 0 amide bonds. The van der Waals surface area contributed by atoms with E-state index in [2.05, 4.69) is 15.1 Å². The molecule has 1 atom stereocenters. The summed E-state index contributed by atoms with van der Waals surface area (Å²) in [6.07, 6.45) is 10.2. The van der Waals surface area contributed by atoms with Gasteiger partial charge in [-0.05, 0) is 37.8 Å². The molecule has 1 fully saturated rings. The molecule has 0 saturated heterocycles. The molecule has 0 bridgehead atoms. The molecular weight excluding hydrogens is 340 g/mol. The summed E-state index contributed by atoms with van der Waals surface area (Å²) in [6, 6.07) is 11.5. The molecule has 2 aliphatic rings. The SMILES string of the molecule is N#Cc1ccccc1.O=c1n(C2CCC2)nc2n1C(c1cnccn1)CC2. The average Bonchev–Trinajstić information content (AvgIpc) is 3.23. The van der Waals surface area contributed by atoms with Crippen LogP contribution in [-0.4, -0.2) is 24.3 Å². The Morgan fingerprint density at radius 1 is 1.11 bits per heavy atom. The van der Waals surface area contributed by atoms with Gasteiger partial charge in [-0.15, -0.1) is 0 Å². The molecular formula is C20H20N6O. The fraction of sp³-hybridized carbons (Fsp3) is 0.350. The van der Waals surface area contributed by atoms with Crippen molar-refractivity contribution in [3.8, 4) is 6.07 Å². The Bertz CT molecular complexity index is 998. The number of hydrogen-bond acceptors (Lipinski definition) is 5. The maximum atomic E-state index is 12.5. The Morgan fingerprint density at radius 2 is 1.93 bits per heavy atom. The lowest BCUT2D eigenvalue weighted by Gasteiger charge is -2.24. The highest BCUT2D eigenvalue weighted by Crippen LogP contribution is 2.32. The molecule has 3 heterocycles. The van der Waals surface area contributed by atoms with Crippen molar-refractivity contribution in [1.29, 1.82) is 5.26 Å². The van der Waals surface area contributed by atoms with Crippen molar-refractivity contribution >= 4 is 0 Å². The van der Waals surface area contributed by atoms with E-state index >= 15 is 0 Å². The van der Waals surface area contributed by atoms with Crippen LogP contribution < -0.4 is 5.69 Å². The molecule has 0 radical (unpaired) electrons. The summed E-state index contributed by atoms with van der Waals surface area (Å²) in [4.78, 5) is 20.9. The van der Waals surface area contributed by atoms with Gasteiger partial charge >= 0.3 is 5.69 Å². The molecule has 27 heavy (non-hydrogen) atoms. The van der Waals surface area contributed by atoms with Crippen LogP contribution >= 0.6 is 0 Å².